The number of aromatic nitrogens is 8. The monoisotopic (exact) mass is 835 g/mol. The molecule has 2 amide bonds. The van der Waals surface area contributed by atoms with Crippen molar-refractivity contribution in [1.29, 1.82) is 0 Å². The van der Waals surface area contributed by atoms with Crippen LogP contribution in [0, 0.1) is 24.4 Å². The van der Waals surface area contributed by atoms with E-state index in [2.05, 4.69) is 20.4 Å². The summed E-state index contributed by atoms with van der Waals surface area (Å²) < 4.78 is 59.4. The fraction of sp³-hybridized carbons (Fsp3) is 0.415. The van der Waals surface area contributed by atoms with Gasteiger partial charge in [0, 0.05) is 63.7 Å². The number of piperazine rings is 1. The number of halogens is 3. The third-order valence-corrected chi connectivity index (χ3v) is 12.7. The molecule has 12 rings (SSSR count). The summed E-state index contributed by atoms with van der Waals surface area (Å²) in [5.41, 5.74) is 2.35. The molecule has 61 heavy (non-hydrogen) atoms. The van der Waals surface area contributed by atoms with Crippen LogP contribution in [0.15, 0.2) is 48.8 Å². The zero-order valence-corrected chi connectivity index (χ0v) is 33.4. The number of nitrogens with zero attached hydrogens (tertiary/aromatic N) is 12. The van der Waals surface area contributed by atoms with Crippen LogP contribution in [0.25, 0.3) is 39.0 Å². The predicted molar refractivity (Wildman–Crippen MR) is 215 cm³/mol. The van der Waals surface area contributed by atoms with Crippen LogP contribution in [0.3, 0.4) is 0 Å². The number of anilines is 3. The first-order valence-corrected chi connectivity index (χ1v) is 20.2. The van der Waals surface area contributed by atoms with Crippen LogP contribution in [0.2, 0.25) is 0 Å². The molecule has 0 spiro atoms. The molecule has 17 nitrogen and oxygen atoms in total. The number of hydrogen-bond acceptors (Lipinski definition) is 13. The second kappa shape index (κ2) is 14.1. The Hall–Kier alpha value is -6.41. The van der Waals surface area contributed by atoms with Gasteiger partial charge in [0.25, 0.3) is 0 Å². The van der Waals surface area contributed by atoms with Crippen LogP contribution in [-0.2, 0) is 25.6 Å². The minimum absolute atomic E-state index is 0.0249. The highest BCUT2D eigenvalue weighted by molar-refractivity contribution is 5.95. The van der Waals surface area contributed by atoms with Gasteiger partial charge in [-0.15, -0.1) is 0 Å². The number of amides is 2. The highest BCUT2D eigenvalue weighted by Crippen LogP contribution is 2.41. The Labute approximate surface area is 346 Å². The molecular formula is C41H40F3N13O4. The normalized spacial score (nSPS) is 24.2. The highest BCUT2D eigenvalue weighted by atomic mass is 19.1. The molecule has 20 heteroatoms. The minimum atomic E-state index is -0.846. The number of hydrogen-bond donors (Lipinski definition) is 1. The summed E-state index contributed by atoms with van der Waals surface area (Å²) in [4.78, 5) is 60.0. The van der Waals surface area contributed by atoms with Gasteiger partial charge in [0.2, 0.25) is 23.7 Å². The predicted octanol–water partition coefficient (Wildman–Crippen LogP) is 3.08. The maximum atomic E-state index is 15.5. The second-order valence-electron chi connectivity index (χ2n) is 16.4. The smallest absolute Gasteiger partial charge is 0.245 e. The van der Waals surface area contributed by atoms with Crippen molar-refractivity contribution in [3.8, 4) is 16.9 Å². The summed E-state index contributed by atoms with van der Waals surface area (Å²) in [6.45, 7) is 4.04. The van der Waals surface area contributed by atoms with E-state index in [1.165, 1.54) is 29.1 Å². The van der Waals surface area contributed by atoms with Crippen molar-refractivity contribution < 1.29 is 32.2 Å². The molecule has 1 N–H and O–H groups in total. The number of aryl methyl sites for hydroxylation is 1. The summed E-state index contributed by atoms with van der Waals surface area (Å²) in [7, 11) is 3.31. The van der Waals surface area contributed by atoms with E-state index >= 15 is 8.78 Å². The zero-order valence-electron chi connectivity index (χ0n) is 33.4. The number of fused-ring (bicyclic) bond motifs is 8. The van der Waals surface area contributed by atoms with Crippen molar-refractivity contribution in [3.05, 3.63) is 72.1 Å². The highest BCUT2D eigenvalue weighted by Gasteiger charge is 2.54. The number of nitrogens with one attached hydrogen (secondary N) is 1. The molecule has 6 bridgehead atoms. The van der Waals surface area contributed by atoms with Crippen LogP contribution in [0.5, 0.6) is 0 Å². The Morgan fingerprint density at radius 1 is 0.869 bits per heavy atom. The first-order chi connectivity index (χ1) is 29.5. The van der Waals surface area contributed by atoms with Crippen LogP contribution in [0.1, 0.15) is 18.7 Å². The van der Waals surface area contributed by atoms with E-state index in [9.17, 15) is 14.0 Å². The van der Waals surface area contributed by atoms with Crippen molar-refractivity contribution >= 4 is 51.6 Å². The molecule has 10 heterocycles. The number of methoxy groups -OCH3 is 1. The number of piperidine rings is 1. The Balaban J connectivity index is 1.03. The summed E-state index contributed by atoms with van der Waals surface area (Å²) in [5.74, 6) is -0.815. The summed E-state index contributed by atoms with van der Waals surface area (Å²) in [5, 5.41) is 8.38. The number of ether oxygens (including phenoxy) is 2. The molecule has 4 aromatic heterocycles. The van der Waals surface area contributed by atoms with E-state index in [1.807, 2.05) is 26.2 Å². The molecule has 0 radical (unpaired) electrons. The molecule has 0 saturated carbocycles. The molecule has 6 aliphatic rings. The van der Waals surface area contributed by atoms with Gasteiger partial charge >= 0.3 is 0 Å². The molecular weight excluding hydrogens is 796 g/mol. The van der Waals surface area contributed by atoms with E-state index in [0.29, 0.717) is 78.5 Å². The molecule has 5 saturated heterocycles. The van der Waals surface area contributed by atoms with Crippen molar-refractivity contribution in [3.63, 3.8) is 0 Å². The third kappa shape index (κ3) is 6.05. The topological polar surface area (TPSA) is 165 Å². The first-order valence-electron chi connectivity index (χ1n) is 20.2. The standard InChI is InChI=1S/C41H40F3N13O4/c1-20-47-31-10-22(43)8-27-30-6-7-45-40(49-30)48-23-11-33(38(58)52(2)16-26(60-3)17-53(20)35(27)31)55(14-23)36-28-13-46-57(32-5-4-21(42)9-29(32)44)37(28)51-41(50-36)56-24-12-34(56)39(59)54(15-24)25-18-61-19-25/h4-10,13,23-26,33-34H,11-12,14-19H2,1-3H3,(H,45,48,49)/t23-,24+,26-,33-,34-/m0/s1. The maximum Gasteiger partial charge on any atom is 0.245 e. The Morgan fingerprint density at radius 2 is 1.72 bits per heavy atom. The van der Waals surface area contributed by atoms with Crippen molar-refractivity contribution in [2.24, 2.45) is 0 Å². The molecule has 0 aliphatic carbocycles. The van der Waals surface area contributed by atoms with Crippen LogP contribution in [-0.4, -0.2) is 144 Å². The van der Waals surface area contributed by atoms with Gasteiger partial charge in [0.1, 0.15) is 41.0 Å². The summed E-state index contributed by atoms with van der Waals surface area (Å²) >= 11 is 0. The van der Waals surface area contributed by atoms with Gasteiger partial charge in [-0.3, -0.25) is 9.59 Å². The van der Waals surface area contributed by atoms with E-state index in [4.69, 9.17) is 24.4 Å². The van der Waals surface area contributed by atoms with Crippen molar-refractivity contribution in [2.75, 3.05) is 62.1 Å². The number of likely N-dealkylation sites (N-methyl/N-ethyl adjacent to an activating group) is 1. The number of imidazole rings is 1. The molecule has 314 valence electrons. The molecule has 0 unspecified atom stereocenters. The minimum Gasteiger partial charge on any atom is -0.378 e. The van der Waals surface area contributed by atoms with Gasteiger partial charge in [0.15, 0.2) is 11.5 Å². The Morgan fingerprint density at radius 3 is 2.49 bits per heavy atom. The lowest BCUT2D eigenvalue weighted by molar-refractivity contribution is -0.155. The lowest BCUT2D eigenvalue weighted by atomic mass is 9.86. The van der Waals surface area contributed by atoms with Crippen LogP contribution < -0.4 is 15.1 Å². The van der Waals surface area contributed by atoms with E-state index in [1.54, 1.807) is 31.3 Å². The quantitative estimate of drug-likeness (QED) is 0.270. The number of rotatable bonds is 5. The Kier molecular flexibility index (Phi) is 8.68. The van der Waals surface area contributed by atoms with Crippen molar-refractivity contribution in [1.82, 2.24) is 49.1 Å². The van der Waals surface area contributed by atoms with Gasteiger partial charge in [-0.1, -0.05) is 0 Å². The van der Waals surface area contributed by atoms with Crippen LogP contribution >= 0.6 is 0 Å². The molecule has 6 aliphatic heterocycles. The Bertz CT molecular complexity index is 2780. The van der Waals surface area contributed by atoms with E-state index in [-0.39, 0.29) is 60.2 Å². The molecule has 5 atom stereocenters. The summed E-state index contributed by atoms with van der Waals surface area (Å²) in [6, 6.07) is 5.98. The molecule has 5 fully saturated rings. The number of carbonyl (C=O) groups excluding carboxylic acids is 2. The molecule has 6 aromatic rings. The molecule has 2 aromatic carbocycles. The number of carbonyl (C=O) groups is 2. The lowest BCUT2D eigenvalue weighted by Gasteiger charge is -2.57. The van der Waals surface area contributed by atoms with Gasteiger partial charge in [-0.25, -0.2) is 32.8 Å². The van der Waals surface area contributed by atoms with Gasteiger partial charge in [-0.2, -0.15) is 15.1 Å². The SMILES string of the molecule is CO[C@H]1CN(C)C(=O)[C@@H]2C[C@@H](CN2c2nc(N3[C@@H]4C[C@H]3C(=O)N(C3COC3)C4)nc3c2cnn3-c2ccc(F)cc2F)Nc2nccc(n2)-c2cc(F)cc3nc(C)n(c23)C1. The largest absolute Gasteiger partial charge is 0.378 e. The third-order valence-electron chi connectivity index (χ3n) is 12.7. The van der Waals surface area contributed by atoms with Gasteiger partial charge in [-0.05, 0) is 44.0 Å². The first kappa shape index (κ1) is 37.6. The summed E-state index contributed by atoms with van der Waals surface area (Å²) in [6.07, 6.45) is 3.53. The average molecular weight is 836 g/mol. The van der Waals surface area contributed by atoms with E-state index < -0.39 is 41.7 Å². The van der Waals surface area contributed by atoms with Crippen molar-refractivity contribution in [2.45, 2.75) is 62.6 Å². The van der Waals surface area contributed by atoms with E-state index in [0.717, 1.165) is 12.1 Å². The fourth-order valence-corrected chi connectivity index (χ4v) is 9.57. The van der Waals surface area contributed by atoms with Gasteiger partial charge < -0.3 is 39.0 Å². The second-order valence-corrected chi connectivity index (χ2v) is 16.4. The van der Waals surface area contributed by atoms with Crippen LogP contribution in [0.4, 0.5) is 30.9 Å². The average Bonchev–Trinajstić information content (AvgIpc) is 3.91. The maximum absolute atomic E-state index is 15.5. The lowest BCUT2D eigenvalue weighted by Crippen LogP contribution is -2.75. The van der Waals surface area contributed by atoms with Gasteiger partial charge in [0.05, 0.1) is 66.3 Å². The fourth-order valence-electron chi connectivity index (χ4n) is 9.57. The number of benzene rings is 2. The zero-order chi connectivity index (χ0) is 41.8.